The first-order valence-corrected chi connectivity index (χ1v) is 7.87. The fourth-order valence-electron chi connectivity index (χ4n) is 3.10. The van der Waals surface area contributed by atoms with Gasteiger partial charge in [0.2, 0.25) is 0 Å². The van der Waals surface area contributed by atoms with E-state index in [4.69, 9.17) is 15.0 Å². The molecule has 1 aromatic rings. The molecular formula is C14H20N6O4. The predicted octanol–water partition coefficient (Wildman–Crippen LogP) is 0.347. The second-order valence-corrected chi connectivity index (χ2v) is 5.86. The predicted molar refractivity (Wildman–Crippen MR) is 84.8 cm³/mol. The minimum Gasteiger partial charge on any atom is -0.394 e. The highest BCUT2D eigenvalue weighted by Gasteiger charge is 2.36. The highest BCUT2D eigenvalue weighted by atomic mass is 16.5. The van der Waals surface area contributed by atoms with Crippen LogP contribution in [0.25, 0.3) is 10.4 Å². The molecule has 0 bridgehead atoms. The minimum absolute atomic E-state index is 0.271. The topological polar surface area (TPSA) is 126 Å². The van der Waals surface area contributed by atoms with Crippen molar-refractivity contribution in [3.05, 3.63) is 32.7 Å². The van der Waals surface area contributed by atoms with E-state index in [0.29, 0.717) is 38.5 Å². The van der Waals surface area contributed by atoms with Gasteiger partial charge in [-0.3, -0.25) is 4.57 Å². The van der Waals surface area contributed by atoms with Crippen molar-refractivity contribution in [2.45, 2.75) is 31.7 Å². The summed E-state index contributed by atoms with van der Waals surface area (Å²) < 4.78 is 12.4. The molecule has 3 rings (SSSR count). The Morgan fingerprint density at radius 1 is 1.50 bits per heavy atom. The Balaban J connectivity index is 1.86. The summed E-state index contributed by atoms with van der Waals surface area (Å²) >= 11 is 0. The average Bonchev–Trinajstić information content (AvgIpc) is 3.00. The van der Waals surface area contributed by atoms with Gasteiger partial charge in [0.05, 0.1) is 32.0 Å². The third-order valence-corrected chi connectivity index (χ3v) is 4.31. The quantitative estimate of drug-likeness (QED) is 0.480. The van der Waals surface area contributed by atoms with E-state index in [2.05, 4.69) is 15.0 Å². The van der Waals surface area contributed by atoms with Crippen LogP contribution in [0.3, 0.4) is 0 Å². The fourth-order valence-corrected chi connectivity index (χ4v) is 3.10. The van der Waals surface area contributed by atoms with E-state index in [1.807, 2.05) is 11.8 Å². The van der Waals surface area contributed by atoms with E-state index < -0.39 is 24.1 Å². The number of rotatable bonds is 4. The Hall–Kier alpha value is -2.13. The lowest BCUT2D eigenvalue weighted by molar-refractivity contribution is -0.0270. The van der Waals surface area contributed by atoms with Crippen molar-refractivity contribution in [3.63, 3.8) is 0 Å². The smallest absolute Gasteiger partial charge is 0.351 e. The summed E-state index contributed by atoms with van der Waals surface area (Å²) in [4.78, 5) is 21.4. The summed E-state index contributed by atoms with van der Waals surface area (Å²) in [6.07, 6.45) is 0.817. The molecular weight excluding hydrogens is 316 g/mol. The van der Waals surface area contributed by atoms with E-state index >= 15 is 0 Å². The van der Waals surface area contributed by atoms with Crippen molar-refractivity contribution >= 4 is 5.82 Å². The van der Waals surface area contributed by atoms with Crippen molar-refractivity contribution in [3.8, 4) is 0 Å². The Morgan fingerprint density at radius 3 is 2.92 bits per heavy atom. The highest BCUT2D eigenvalue weighted by molar-refractivity contribution is 5.45. The Labute approximate surface area is 138 Å². The van der Waals surface area contributed by atoms with E-state index in [1.54, 1.807) is 6.20 Å². The first-order chi connectivity index (χ1) is 11.6. The summed E-state index contributed by atoms with van der Waals surface area (Å²) in [5.74, 6) is 0.655. The van der Waals surface area contributed by atoms with Crippen molar-refractivity contribution in [1.82, 2.24) is 9.55 Å². The van der Waals surface area contributed by atoms with E-state index in [-0.39, 0.29) is 6.61 Å². The minimum atomic E-state index is -0.614. The first kappa shape index (κ1) is 16.7. The third kappa shape index (κ3) is 3.22. The molecule has 2 fully saturated rings. The van der Waals surface area contributed by atoms with Crippen LogP contribution < -0.4 is 10.6 Å². The molecule has 2 aliphatic heterocycles. The van der Waals surface area contributed by atoms with E-state index in [1.165, 1.54) is 4.57 Å². The maximum absolute atomic E-state index is 12.4. The zero-order valence-electron chi connectivity index (χ0n) is 13.4. The Morgan fingerprint density at radius 2 is 2.25 bits per heavy atom. The number of aryl methyl sites for hydroxylation is 1. The van der Waals surface area contributed by atoms with Crippen LogP contribution in [0.5, 0.6) is 0 Å². The summed E-state index contributed by atoms with van der Waals surface area (Å²) in [6.45, 7) is 4.24. The molecule has 0 aromatic carbocycles. The van der Waals surface area contributed by atoms with Crippen LogP contribution in [0.15, 0.2) is 16.1 Å². The molecule has 2 saturated heterocycles. The van der Waals surface area contributed by atoms with Gasteiger partial charge in [-0.1, -0.05) is 5.11 Å². The Bertz CT molecular complexity index is 695. The highest BCUT2D eigenvalue weighted by Crippen LogP contribution is 2.30. The molecule has 0 radical (unpaired) electrons. The van der Waals surface area contributed by atoms with Crippen LogP contribution in [-0.4, -0.2) is 59.7 Å². The molecule has 130 valence electrons. The molecule has 0 amide bonds. The number of hydrogen-bond acceptors (Lipinski definition) is 7. The number of ether oxygens (including phenoxy) is 2. The van der Waals surface area contributed by atoms with Crippen molar-refractivity contribution in [2.75, 3.05) is 37.8 Å². The van der Waals surface area contributed by atoms with Gasteiger partial charge in [0.1, 0.15) is 12.0 Å². The van der Waals surface area contributed by atoms with Crippen molar-refractivity contribution in [2.24, 2.45) is 5.11 Å². The Kier molecular flexibility index (Phi) is 5.00. The molecule has 0 unspecified atom stereocenters. The molecule has 10 heteroatoms. The summed E-state index contributed by atoms with van der Waals surface area (Å²) in [5.41, 5.74) is 9.03. The molecule has 10 nitrogen and oxygen atoms in total. The molecule has 24 heavy (non-hydrogen) atoms. The normalized spacial score (nSPS) is 27.1. The maximum Gasteiger partial charge on any atom is 0.351 e. The van der Waals surface area contributed by atoms with Crippen LogP contribution in [0, 0.1) is 6.92 Å². The number of hydrogen-bond donors (Lipinski definition) is 1. The van der Waals surface area contributed by atoms with Gasteiger partial charge >= 0.3 is 5.69 Å². The standard InChI is InChI=1S/C14H20N6O4/c1-9-7-20(12-6-10(17-18-15)11(8-21)24-12)14(22)16-13(9)19-2-4-23-5-3-19/h7,10-12,21H,2-6,8H2,1H3/t10-,11-,12-/m1/s1. The van der Waals surface area contributed by atoms with Crippen LogP contribution in [0.1, 0.15) is 18.2 Å². The zero-order chi connectivity index (χ0) is 17.1. The van der Waals surface area contributed by atoms with Gasteiger partial charge in [-0.2, -0.15) is 4.98 Å². The van der Waals surface area contributed by atoms with Gasteiger partial charge in [-0.15, -0.1) is 0 Å². The summed E-state index contributed by atoms with van der Waals surface area (Å²) in [5, 5.41) is 13.0. The molecule has 0 spiro atoms. The van der Waals surface area contributed by atoms with Crippen molar-refractivity contribution < 1.29 is 14.6 Å². The van der Waals surface area contributed by atoms with Crippen molar-refractivity contribution in [1.29, 1.82) is 0 Å². The van der Waals surface area contributed by atoms with Gasteiger partial charge in [0.25, 0.3) is 0 Å². The third-order valence-electron chi connectivity index (χ3n) is 4.31. The van der Waals surface area contributed by atoms with Gasteiger partial charge in [-0.05, 0) is 12.5 Å². The monoisotopic (exact) mass is 336 g/mol. The zero-order valence-corrected chi connectivity index (χ0v) is 13.4. The number of aliphatic hydroxyl groups is 1. The van der Waals surface area contributed by atoms with E-state index in [9.17, 15) is 9.90 Å². The largest absolute Gasteiger partial charge is 0.394 e. The average molecular weight is 336 g/mol. The number of aromatic nitrogens is 2. The van der Waals surface area contributed by atoms with Crippen LogP contribution >= 0.6 is 0 Å². The number of anilines is 1. The van der Waals surface area contributed by atoms with Gasteiger partial charge in [0, 0.05) is 36.2 Å². The molecule has 0 saturated carbocycles. The summed E-state index contributed by atoms with van der Waals surface area (Å²) in [7, 11) is 0. The summed E-state index contributed by atoms with van der Waals surface area (Å²) in [6, 6.07) is -0.504. The number of azide groups is 1. The molecule has 3 atom stereocenters. The molecule has 2 aliphatic rings. The fraction of sp³-hybridized carbons (Fsp3) is 0.714. The molecule has 1 aromatic heterocycles. The molecule has 3 heterocycles. The lowest BCUT2D eigenvalue weighted by Crippen LogP contribution is -2.39. The van der Waals surface area contributed by atoms with Gasteiger partial charge in [-0.25, -0.2) is 4.79 Å². The number of nitrogens with zero attached hydrogens (tertiary/aromatic N) is 6. The number of morpholine rings is 1. The van der Waals surface area contributed by atoms with Crippen LogP contribution in [-0.2, 0) is 9.47 Å². The van der Waals surface area contributed by atoms with Crippen LogP contribution in [0.4, 0.5) is 5.82 Å². The van der Waals surface area contributed by atoms with Gasteiger partial charge in [0.15, 0.2) is 0 Å². The van der Waals surface area contributed by atoms with E-state index in [0.717, 1.165) is 5.56 Å². The SMILES string of the molecule is Cc1cn([C@H]2C[C@@H](N=[N+]=[N-])[C@@H](CO)O2)c(=O)nc1N1CCOCC1. The molecule has 1 N–H and O–H groups in total. The number of aliphatic hydroxyl groups excluding tert-OH is 1. The lowest BCUT2D eigenvalue weighted by atomic mass is 10.1. The lowest BCUT2D eigenvalue weighted by Gasteiger charge is -2.29. The first-order valence-electron chi connectivity index (χ1n) is 7.87. The molecule has 0 aliphatic carbocycles. The second-order valence-electron chi connectivity index (χ2n) is 5.86. The second kappa shape index (κ2) is 7.18. The van der Waals surface area contributed by atoms with Crippen LogP contribution in [0.2, 0.25) is 0 Å². The maximum atomic E-state index is 12.4. The van der Waals surface area contributed by atoms with Gasteiger partial charge < -0.3 is 19.5 Å².